The Labute approximate surface area is 187 Å². The number of para-hydroxylation sites is 2. The van der Waals surface area contributed by atoms with Crippen LogP contribution in [0.25, 0.3) is 11.1 Å². The summed E-state index contributed by atoms with van der Waals surface area (Å²) < 4.78 is 40.7. The number of hydrogen-bond donors (Lipinski definition) is 0. The molecule has 6 heteroatoms. The van der Waals surface area contributed by atoms with E-state index < -0.39 is 14.7 Å². The van der Waals surface area contributed by atoms with Crippen LogP contribution >= 0.6 is 14.7 Å². The lowest BCUT2D eigenvalue weighted by molar-refractivity contribution is 0.449. The third-order valence-electron chi connectivity index (χ3n) is 6.49. The average molecular weight is 460 g/mol. The maximum atomic E-state index is 14.2. The zero-order valence-corrected chi connectivity index (χ0v) is 19.1. The van der Waals surface area contributed by atoms with Crippen LogP contribution in [0.15, 0.2) is 97.1 Å². The van der Waals surface area contributed by atoms with E-state index in [0.717, 1.165) is 16.7 Å². The van der Waals surface area contributed by atoms with Gasteiger partial charge in [-0.2, -0.15) is 0 Å². The standard InChI is InChI=1S/C26H22O4P2/c27-31(25-15-7-3-11-21(25)19-9-1-5-13-23(19)29-31)17-18-32(28)26-16-8-4-12-22(26)20-10-2-6-14-24(20)30-32/h1-16,21,25H,17-18H2/t21?,25?,31-,32?/m1/s1. The van der Waals surface area contributed by atoms with E-state index in [9.17, 15) is 9.13 Å². The summed E-state index contributed by atoms with van der Waals surface area (Å²) in [6.07, 6.45) is 8.34. The minimum Gasteiger partial charge on any atom is -0.442 e. The fourth-order valence-corrected chi connectivity index (χ4v) is 11.0. The zero-order chi connectivity index (χ0) is 21.8. The van der Waals surface area contributed by atoms with Gasteiger partial charge >= 0.3 is 0 Å². The number of hydrogen-bond acceptors (Lipinski definition) is 4. The maximum absolute atomic E-state index is 14.2. The monoisotopic (exact) mass is 460 g/mol. The number of fused-ring (bicyclic) bond motifs is 6. The van der Waals surface area contributed by atoms with Crippen molar-refractivity contribution in [3.63, 3.8) is 0 Å². The number of benzene rings is 3. The van der Waals surface area contributed by atoms with Crippen LogP contribution in [0.5, 0.6) is 11.5 Å². The van der Waals surface area contributed by atoms with Crippen molar-refractivity contribution in [2.75, 3.05) is 12.3 Å². The minimum atomic E-state index is -3.27. The fourth-order valence-electron chi connectivity index (χ4n) is 4.93. The van der Waals surface area contributed by atoms with Crippen LogP contribution < -0.4 is 14.4 Å². The largest absolute Gasteiger partial charge is 0.442 e. The molecule has 0 amide bonds. The van der Waals surface area contributed by atoms with Gasteiger partial charge in [-0.3, -0.25) is 9.13 Å². The molecule has 4 nitrogen and oxygen atoms in total. The fraction of sp³-hybridized carbons (Fsp3) is 0.154. The first-order valence-corrected chi connectivity index (χ1v) is 14.5. The highest BCUT2D eigenvalue weighted by molar-refractivity contribution is 7.69. The Kier molecular flexibility index (Phi) is 4.57. The molecule has 6 rings (SSSR count). The summed E-state index contributed by atoms with van der Waals surface area (Å²) in [6.45, 7) is 0. The summed E-state index contributed by atoms with van der Waals surface area (Å²) in [4.78, 5) is 0. The van der Waals surface area contributed by atoms with Crippen LogP contribution in [0.2, 0.25) is 0 Å². The molecule has 160 valence electrons. The summed E-state index contributed by atoms with van der Waals surface area (Å²) in [6, 6.07) is 23.1. The molecule has 4 atom stereocenters. The van der Waals surface area contributed by atoms with Crippen molar-refractivity contribution >= 4 is 20.0 Å². The number of allylic oxidation sites excluding steroid dienone is 4. The third-order valence-corrected chi connectivity index (χ3v) is 12.0. The van der Waals surface area contributed by atoms with Crippen molar-refractivity contribution < 1.29 is 18.2 Å². The summed E-state index contributed by atoms with van der Waals surface area (Å²) in [5.41, 5.74) is 2.64. The zero-order valence-electron chi connectivity index (χ0n) is 17.3. The van der Waals surface area contributed by atoms with Crippen LogP contribution in [0.3, 0.4) is 0 Å². The lowest BCUT2D eigenvalue weighted by Crippen LogP contribution is -2.28. The van der Waals surface area contributed by atoms with Crippen molar-refractivity contribution in [3.8, 4) is 22.6 Å². The van der Waals surface area contributed by atoms with Gasteiger partial charge in [0.15, 0.2) is 0 Å². The van der Waals surface area contributed by atoms with Gasteiger partial charge in [0.05, 0.1) is 11.0 Å². The second-order valence-corrected chi connectivity index (χ2v) is 13.5. The van der Waals surface area contributed by atoms with Crippen molar-refractivity contribution in [2.45, 2.75) is 11.6 Å². The summed E-state index contributed by atoms with van der Waals surface area (Å²) in [5.74, 6) is 1.27. The molecule has 0 N–H and O–H groups in total. The Bertz CT molecular complexity index is 1370. The first-order valence-electron chi connectivity index (χ1n) is 10.8. The molecule has 0 aromatic heterocycles. The van der Waals surface area contributed by atoms with E-state index in [4.69, 9.17) is 9.05 Å². The van der Waals surface area contributed by atoms with Gasteiger partial charge < -0.3 is 9.05 Å². The van der Waals surface area contributed by atoms with Gasteiger partial charge in [-0.15, -0.1) is 0 Å². The molecule has 3 unspecified atom stereocenters. The van der Waals surface area contributed by atoms with E-state index in [0.29, 0.717) is 16.8 Å². The molecular formula is C26H22O4P2. The molecule has 0 radical (unpaired) electrons. The number of rotatable bonds is 3. The Morgan fingerprint density at radius 3 is 2.25 bits per heavy atom. The molecule has 2 heterocycles. The smallest absolute Gasteiger partial charge is 0.278 e. The molecule has 3 aliphatic rings. The quantitative estimate of drug-likeness (QED) is 0.414. The molecule has 0 saturated carbocycles. The summed E-state index contributed by atoms with van der Waals surface area (Å²) in [7, 11) is -6.44. The predicted molar refractivity (Wildman–Crippen MR) is 129 cm³/mol. The lowest BCUT2D eigenvalue weighted by Gasteiger charge is -2.38. The van der Waals surface area contributed by atoms with Crippen LogP contribution in [0.1, 0.15) is 11.5 Å². The second-order valence-electron chi connectivity index (χ2n) is 8.37. The van der Waals surface area contributed by atoms with Crippen molar-refractivity contribution in [1.82, 2.24) is 0 Å². The topological polar surface area (TPSA) is 52.6 Å². The van der Waals surface area contributed by atoms with Gasteiger partial charge in [0.2, 0.25) is 0 Å². The average Bonchev–Trinajstić information content (AvgIpc) is 2.84. The van der Waals surface area contributed by atoms with Gasteiger partial charge in [-0.1, -0.05) is 78.9 Å². The van der Waals surface area contributed by atoms with Crippen LogP contribution in [0, 0.1) is 0 Å². The first-order chi connectivity index (χ1) is 15.6. The normalized spacial score (nSPS) is 29.0. The molecule has 3 aromatic rings. The van der Waals surface area contributed by atoms with E-state index >= 15 is 0 Å². The Hall–Kier alpha value is -2.80. The molecule has 3 aromatic carbocycles. The second kappa shape index (κ2) is 7.37. The highest BCUT2D eigenvalue weighted by Gasteiger charge is 2.47. The van der Waals surface area contributed by atoms with Crippen LogP contribution in [-0.2, 0) is 9.13 Å². The first kappa shape index (κ1) is 19.9. The van der Waals surface area contributed by atoms with Crippen LogP contribution in [-0.4, -0.2) is 18.0 Å². The van der Waals surface area contributed by atoms with Gasteiger partial charge in [0.1, 0.15) is 11.5 Å². The van der Waals surface area contributed by atoms with Gasteiger partial charge in [-0.05, 0) is 23.8 Å². The lowest BCUT2D eigenvalue weighted by atomic mass is 9.91. The molecule has 0 bridgehead atoms. The SMILES string of the molecule is O=P1(CC[P@@]2(=O)Oc3ccccc3C3C=CC=CC32)Oc2ccccc2-c2ccccc21. The summed E-state index contributed by atoms with van der Waals surface area (Å²) >= 11 is 0. The van der Waals surface area contributed by atoms with Crippen molar-refractivity contribution in [2.24, 2.45) is 0 Å². The van der Waals surface area contributed by atoms with E-state index in [1.807, 2.05) is 91.0 Å². The van der Waals surface area contributed by atoms with Gasteiger partial charge in [0, 0.05) is 29.4 Å². The molecule has 32 heavy (non-hydrogen) atoms. The van der Waals surface area contributed by atoms with Gasteiger partial charge in [-0.25, -0.2) is 0 Å². The highest BCUT2D eigenvalue weighted by Crippen LogP contribution is 2.65. The Balaban J connectivity index is 1.37. The van der Waals surface area contributed by atoms with E-state index in [2.05, 4.69) is 6.08 Å². The van der Waals surface area contributed by atoms with Crippen LogP contribution in [0.4, 0.5) is 0 Å². The molecule has 0 spiro atoms. The highest BCUT2D eigenvalue weighted by atomic mass is 31.2. The molecular weight excluding hydrogens is 438 g/mol. The Morgan fingerprint density at radius 2 is 1.38 bits per heavy atom. The van der Waals surface area contributed by atoms with E-state index in [1.54, 1.807) is 0 Å². The van der Waals surface area contributed by atoms with Crippen molar-refractivity contribution in [1.29, 1.82) is 0 Å². The molecule has 0 fully saturated rings. The van der Waals surface area contributed by atoms with E-state index in [1.165, 1.54) is 0 Å². The molecule has 1 aliphatic carbocycles. The van der Waals surface area contributed by atoms with E-state index in [-0.39, 0.29) is 23.9 Å². The third kappa shape index (κ3) is 3.05. The predicted octanol–water partition coefficient (Wildman–Crippen LogP) is 6.60. The summed E-state index contributed by atoms with van der Waals surface area (Å²) in [5, 5.41) is 0.693. The van der Waals surface area contributed by atoms with Gasteiger partial charge in [0.25, 0.3) is 14.7 Å². The Morgan fingerprint density at radius 1 is 0.688 bits per heavy atom. The minimum absolute atomic E-state index is 0.00277. The van der Waals surface area contributed by atoms with Crippen molar-refractivity contribution in [3.05, 3.63) is 103 Å². The maximum Gasteiger partial charge on any atom is 0.278 e. The molecule has 0 saturated heterocycles. The molecule has 2 aliphatic heterocycles.